The molecule has 5 heteroatoms. The number of ether oxygens (including phenoxy) is 1. The van der Waals surface area contributed by atoms with Gasteiger partial charge >= 0.3 is 0 Å². The maximum atomic E-state index is 14.0. The van der Waals surface area contributed by atoms with Gasteiger partial charge < -0.3 is 10.1 Å². The molecule has 0 saturated carbocycles. The Balaban J connectivity index is 2.57. The highest BCUT2D eigenvalue weighted by atomic mass is 19.1. The molecule has 0 fully saturated rings. The van der Waals surface area contributed by atoms with Gasteiger partial charge in [-0.3, -0.25) is 4.57 Å². The van der Waals surface area contributed by atoms with Crippen molar-refractivity contribution in [1.29, 1.82) is 0 Å². The van der Waals surface area contributed by atoms with Gasteiger partial charge in [0.15, 0.2) is 0 Å². The molecule has 1 aromatic carbocycles. The summed E-state index contributed by atoms with van der Waals surface area (Å²) < 4.78 is 20.9. The van der Waals surface area contributed by atoms with E-state index >= 15 is 0 Å². The summed E-state index contributed by atoms with van der Waals surface area (Å²) in [6, 6.07) is 4.65. The molecule has 4 nitrogen and oxygen atoms in total. The molecule has 1 N–H and O–H groups in total. The molecule has 0 aliphatic rings. The highest BCUT2D eigenvalue weighted by molar-refractivity contribution is 5.42. The number of nitrogens with zero attached hydrogens (tertiary/aromatic N) is 2. The van der Waals surface area contributed by atoms with Gasteiger partial charge in [0, 0.05) is 6.07 Å². The van der Waals surface area contributed by atoms with E-state index in [1.54, 1.807) is 36.3 Å². The molecule has 2 rings (SSSR count). The van der Waals surface area contributed by atoms with E-state index in [-0.39, 0.29) is 11.4 Å². The summed E-state index contributed by atoms with van der Waals surface area (Å²) in [7, 11) is 3.42. The van der Waals surface area contributed by atoms with Crippen LogP contribution in [0.2, 0.25) is 0 Å². The third-order valence-electron chi connectivity index (χ3n) is 3.32. The zero-order chi connectivity index (χ0) is 14.0. The summed E-state index contributed by atoms with van der Waals surface area (Å²) in [6.07, 6.45) is 3.34. The van der Waals surface area contributed by atoms with Gasteiger partial charge in [-0.05, 0) is 33.0 Å². The van der Waals surface area contributed by atoms with Crippen molar-refractivity contribution in [1.82, 2.24) is 14.9 Å². The van der Waals surface area contributed by atoms with E-state index in [0.717, 1.165) is 5.69 Å². The molecule has 0 unspecified atom stereocenters. The third kappa shape index (κ3) is 2.46. The lowest BCUT2D eigenvalue weighted by molar-refractivity contribution is 0.411. The number of benzene rings is 1. The van der Waals surface area contributed by atoms with Crippen molar-refractivity contribution in [3.63, 3.8) is 0 Å². The van der Waals surface area contributed by atoms with Crippen LogP contribution in [-0.2, 0) is 5.54 Å². The second kappa shape index (κ2) is 5.01. The van der Waals surface area contributed by atoms with Crippen LogP contribution in [-0.4, -0.2) is 23.7 Å². The van der Waals surface area contributed by atoms with Crippen molar-refractivity contribution in [3.05, 3.63) is 42.2 Å². The fourth-order valence-corrected chi connectivity index (χ4v) is 1.88. The van der Waals surface area contributed by atoms with E-state index in [1.807, 2.05) is 20.9 Å². The highest BCUT2D eigenvalue weighted by Crippen LogP contribution is 2.26. The molecule has 0 bridgehead atoms. The van der Waals surface area contributed by atoms with Gasteiger partial charge in [-0.15, -0.1) is 0 Å². The zero-order valence-corrected chi connectivity index (χ0v) is 11.6. The minimum absolute atomic E-state index is 0.313. The zero-order valence-electron chi connectivity index (χ0n) is 11.6. The van der Waals surface area contributed by atoms with Crippen molar-refractivity contribution in [2.45, 2.75) is 19.4 Å². The number of aromatic nitrogens is 2. The lowest BCUT2D eigenvalue weighted by Crippen LogP contribution is -2.35. The molecule has 0 radical (unpaired) electrons. The lowest BCUT2D eigenvalue weighted by Gasteiger charge is -2.25. The summed E-state index contributed by atoms with van der Waals surface area (Å²) in [6.45, 7) is 4.02. The first-order valence-electron chi connectivity index (χ1n) is 6.05. The highest BCUT2D eigenvalue weighted by Gasteiger charge is 2.23. The summed E-state index contributed by atoms with van der Waals surface area (Å²) in [4.78, 5) is 4.12. The first-order chi connectivity index (χ1) is 8.99. The smallest absolute Gasteiger partial charge is 0.147 e. The fourth-order valence-electron chi connectivity index (χ4n) is 1.88. The van der Waals surface area contributed by atoms with Crippen LogP contribution >= 0.6 is 0 Å². The normalized spacial score (nSPS) is 11.6. The number of rotatable bonds is 4. The van der Waals surface area contributed by atoms with Crippen LogP contribution in [0.4, 0.5) is 4.39 Å². The van der Waals surface area contributed by atoms with Crippen molar-refractivity contribution in [2.75, 3.05) is 14.2 Å². The Morgan fingerprint density at radius 3 is 2.74 bits per heavy atom. The monoisotopic (exact) mass is 263 g/mol. The summed E-state index contributed by atoms with van der Waals surface area (Å²) >= 11 is 0. The van der Waals surface area contributed by atoms with Crippen molar-refractivity contribution in [2.24, 2.45) is 0 Å². The Bertz CT molecular complexity index is 578. The van der Waals surface area contributed by atoms with Crippen LogP contribution in [0.25, 0.3) is 5.69 Å². The van der Waals surface area contributed by atoms with Gasteiger partial charge in [0.25, 0.3) is 0 Å². The van der Waals surface area contributed by atoms with Crippen LogP contribution in [0.3, 0.4) is 0 Å². The minimum Gasteiger partial charge on any atom is -0.497 e. The van der Waals surface area contributed by atoms with Crippen LogP contribution in [0.5, 0.6) is 5.75 Å². The molecule has 2 aromatic rings. The number of hydrogen-bond acceptors (Lipinski definition) is 3. The van der Waals surface area contributed by atoms with E-state index in [9.17, 15) is 4.39 Å². The maximum absolute atomic E-state index is 14.0. The predicted molar refractivity (Wildman–Crippen MR) is 72.2 cm³/mol. The number of methoxy groups -OCH3 is 1. The van der Waals surface area contributed by atoms with E-state index in [0.29, 0.717) is 11.4 Å². The molecular formula is C14H18FN3O. The quantitative estimate of drug-likeness (QED) is 0.921. The molecular weight excluding hydrogens is 245 g/mol. The molecule has 102 valence electrons. The number of hydrogen-bond donors (Lipinski definition) is 1. The molecule has 0 aliphatic carbocycles. The van der Waals surface area contributed by atoms with Gasteiger partial charge in [0.2, 0.25) is 0 Å². The number of halogens is 1. The van der Waals surface area contributed by atoms with E-state index < -0.39 is 0 Å². The molecule has 1 heterocycles. The van der Waals surface area contributed by atoms with Gasteiger partial charge in [-0.1, -0.05) is 0 Å². The Morgan fingerprint density at radius 2 is 2.11 bits per heavy atom. The second-order valence-corrected chi connectivity index (χ2v) is 4.84. The molecule has 19 heavy (non-hydrogen) atoms. The second-order valence-electron chi connectivity index (χ2n) is 4.84. The van der Waals surface area contributed by atoms with Crippen LogP contribution in [0.15, 0.2) is 30.7 Å². The van der Waals surface area contributed by atoms with Crippen LogP contribution in [0.1, 0.15) is 19.5 Å². The SMILES string of the molecule is CNC(C)(C)c1cncn1-c1cc(OC)ccc1F. The van der Waals surface area contributed by atoms with E-state index in [1.165, 1.54) is 6.07 Å². The maximum Gasteiger partial charge on any atom is 0.147 e. The third-order valence-corrected chi connectivity index (χ3v) is 3.32. The average Bonchev–Trinajstić information content (AvgIpc) is 2.89. The van der Waals surface area contributed by atoms with Gasteiger partial charge in [-0.2, -0.15) is 0 Å². The standard InChI is InChI=1S/C14H18FN3O/c1-14(2,16-3)13-8-17-9-18(13)12-7-10(19-4)5-6-11(12)15/h5-9,16H,1-4H3. The van der Waals surface area contributed by atoms with E-state index in [4.69, 9.17) is 4.74 Å². The fraction of sp³-hybridized carbons (Fsp3) is 0.357. The van der Waals surface area contributed by atoms with Gasteiger partial charge in [0.05, 0.1) is 36.6 Å². The first kappa shape index (κ1) is 13.5. The summed E-state index contributed by atoms with van der Waals surface area (Å²) in [5.74, 6) is 0.297. The Morgan fingerprint density at radius 1 is 1.37 bits per heavy atom. The lowest BCUT2D eigenvalue weighted by atomic mass is 10.0. The summed E-state index contributed by atoms with van der Waals surface area (Å²) in [5, 5.41) is 3.19. The number of imidazole rings is 1. The van der Waals surface area contributed by atoms with Crippen LogP contribution < -0.4 is 10.1 Å². The predicted octanol–water partition coefficient (Wildman–Crippen LogP) is 2.47. The van der Waals surface area contributed by atoms with Gasteiger partial charge in [-0.25, -0.2) is 9.37 Å². The minimum atomic E-state index is -0.313. The Hall–Kier alpha value is -1.88. The van der Waals surface area contributed by atoms with Gasteiger partial charge in [0.1, 0.15) is 11.6 Å². The summed E-state index contributed by atoms with van der Waals surface area (Å²) in [5.41, 5.74) is 0.990. The molecule has 0 aliphatic heterocycles. The van der Waals surface area contributed by atoms with Crippen LogP contribution in [0, 0.1) is 5.82 Å². The van der Waals surface area contributed by atoms with Crippen molar-refractivity contribution >= 4 is 0 Å². The van der Waals surface area contributed by atoms with Crippen molar-refractivity contribution in [3.8, 4) is 11.4 Å². The topological polar surface area (TPSA) is 39.1 Å². The Labute approximate surface area is 112 Å². The number of nitrogens with one attached hydrogen (secondary N) is 1. The molecule has 0 atom stereocenters. The molecule has 0 spiro atoms. The average molecular weight is 263 g/mol. The molecule has 0 saturated heterocycles. The molecule has 1 aromatic heterocycles. The first-order valence-corrected chi connectivity index (χ1v) is 6.05. The Kier molecular flexibility index (Phi) is 3.57. The largest absolute Gasteiger partial charge is 0.497 e. The van der Waals surface area contributed by atoms with Crippen molar-refractivity contribution < 1.29 is 9.13 Å². The molecule has 0 amide bonds. The van der Waals surface area contributed by atoms with E-state index in [2.05, 4.69) is 10.3 Å².